The molecule has 1 saturated heterocycles. The number of aryl methyl sites for hydroxylation is 2. The molecule has 164 valence electrons. The number of hydrogen-bond acceptors (Lipinski definition) is 6. The van der Waals surface area contributed by atoms with Crippen LogP contribution in [0.1, 0.15) is 42.7 Å². The van der Waals surface area contributed by atoms with Crippen LogP contribution in [0.3, 0.4) is 0 Å². The van der Waals surface area contributed by atoms with Gasteiger partial charge in [-0.2, -0.15) is 4.31 Å². The highest BCUT2D eigenvalue weighted by molar-refractivity contribution is 7.89. The van der Waals surface area contributed by atoms with Crippen LogP contribution in [0, 0.1) is 13.8 Å². The fraction of sp³-hybridized carbons (Fsp3) is 0.391. The second kappa shape index (κ2) is 8.80. The molecule has 0 N–H and O–H groups in total. The average Bonchev–Trinajstić information content (AvgIpc) is 3.26. The summed E-state index contributed by atoms with van der Waals surface area (Å²) in [5.41, 5.74) is 2.81. The van der Waals surface area contributed by atoms with Crippen LogP contribution in [0.25, 0.3) is 11.5 Å². The maximum Gasteiger partial charge on any atom is 0.247 e. The van der Waals surface area contributed by atoms with Gasteiger partial charge in [0.05, 0.1) is 17.4 Å². The van der Waals surface area contributed by atoms with Gasteiger partial charge >= 0.3 is 0 Å². The standard InChI is InChI=1S/C23H27N3O4S/c1-4-29-21-12-11-20(14-17(21)3)31(27,28)26-13-5-6-19(15-26)23-25-24-22(30-23)18-9-7-16(2)8-10-18/h7-12,14,19H,4-6,13,15H2,1-3H3/t19-/m0/s1. The number of aromatic nitrogens is 2. The average molecular weight is 442 g/mol. The minimum atomic E-state index is -3.62. The van der Waals surface area contributed by atoms with Crippen LogP contribution in [0.5, 0.6) is 5.75 Å². The Morgan fingerprint density at radius 2 is 1.90 bits per heavy atom. The maximum absolute atomic E-state index is 13.3. The number of ether oxygens (including phenoxy) is 1. The van der Waals surface area contributed by atoms with Crippen molar-refractivity contribution in [3.8, 4) is 17.2 Å². The highest BCUT2D eigenvalue weighted by Crippen LogP contribution is 2.32. The van der Waals surface area contributed by atoms with Crippen molar-refractivity contribution in [1.29, 1.82) is 0 Å². The lowest BCUT2D eigenvalue weighted by atomic mass is 10.00. The van der Waals surface area contributed by atoms with Gasteiger partial charge in [-0.15, -0.1) is 10.2 Å². The van der Waals surface area contributed by atoms with Crippen LogP contribution in [-0.2, 0) is 10.0 Å². The Labute approximate surface area is 183 Å². The molecule has 0 unspecified atom stereocenters. The summed E-state index contributed by atoms with van der Waals surface area (Å²) in [4.78, 5) is 0.278. The minimum Gasteiger partial charge on any atom is -0.494 e. The molecule has 4 rings (SSSR count). The van der Waals surface area contributed by atoms with E-state index in [1.165, 1.54) is 4.31 Å². The second-order valence-corrected chi connectivity index (χ2v) is 9.81. The largest absolute Gasteiger partial charge is 0.494 e. The van der Waals surface area contributed by atoms with Crippen molar-refractivity contribution in [3.05, 3.63) is 59.5 Å². The third-order valence-electron chi connectivity index (χ3n) is 5.56. The molecule has 0 spiro atoms. The monoisotopic (exact) mass is 441 g/mol. The maximum atomic E-state index is 13.3. The van der Waals surface area contributed by atoms with Crippen molar-refractivity contribution in [3.63, 3.8) is 0 Å². The fourth-order valence-electron chi connectivity index (χ4n) is 3.82. The van der Waals surface area contributed by atoms with E-state index in [0.717, 1.165) is 29.5 Å². The molecule has 1 fully saturated rings. The summed E-state index contributed by atoms with van der Waals surface area (Å²) >= 11 is 0. The van der Waals surface area contributed by atoms with E-state index in [1.54, 1.807) is 18.2 Å². The highest BCUT2D eigenvalue weighted by atomic mass is 32.2. The first-order valence-corrected chi connectivity index (χ1v) is 12.0. The lowest BCUT2D eigenvalue weighted by Crippen LogP contribution is -2.39. The van der Waals surface area contributed by atoms with Gasteiger partial charge in [0.15, 0.2) is 0 Å². The smallest absolute Gasteiger partial charge is 0.247 e. The van der Waals surface area contributed by atoms with E-state index in [2.05, 4.69) is 10.2 Å². The van der Waals surface area contributed by atoms with Gasteiger partial charge in [-0.3, -0.25) is 0 Å². The second-order valence-electron chi connectivity index (χ2n) is 7.87. The molecule has 0 bridgehead atoms. The van der Waals surface area contributed by atoms with Gasteiger partial charge in [0.25, 0.3) is 0 Å². The molecule has 0 saturated carbocycles. The summed E-state index contributed by atoms with van der Waals surface area (Å²) in [6.07, 6.45) is 1.55. The molecule has 0 amide bonds. The molecule has 1 aliphatic rings. The number of piperidine rings is 1. The van der Waals surface area contributed by atoms with E-state index in [0.29, 0.717) is 37.2 Å². The summed E-state index contributed by atoms with van der Waals surface area (Å²) < 4.78 is 39.5. The summed E-state index contributed by atoms with van der Waals surface area (Å²) in [6.45, 7) is 7.11. The first-order chi connectivity index (χ1) is 14.9. The summed E-state index contributed by atoms with van der Waals surface area (Å²) in [6, 6.07) is 12.9. The Morgan fingerprint density at radius 3 is 2.61 bits per heavy atom. The van der Waals surface area contributed by atoms with Crippen molar-refractivity contribution in [1.82, 2.24) is 14.5 Å². The van der Waals surface area contributed by atoms with E-state index in [9.17, 15) is 8.42 Å². The Balaban J connectivity index is 1.53. The number of benzene rings is 2. The van der Waals surface area contributed by atoms with Crippen LogP contribution < -0.4 is 4.74 Å². The van der Waals surface area contributed by atoms with E-state index < -0.39 is 10.0 Å². The highest BCUT2D eigenvalue weighted by Gasteiger charge is 2.33. The van der Waals surface area contributed by atoms with E-state index in [1.807, 2.05) is 45.0 Å². The summed E-state index contributed by atoms with van der Waals surface area (Å²) in [7, 11) is -3.62. The van der Waals surface area contributed by atoms with Gasteiger partial charge in [0.1, 0.15) is 5.75 Å². The van der Waals surface area contributed by atoms with Crippen LogP contribution in [0.15, 0.2) is 51.8 Å². The molecule has 8 heteroatoms. The molecule has 31 heavy (non-hydrogen) atoms. The van der Waals surface area contributed by atoms with Gasteiger partial charge in [-0.05, 0) is 69.5 Å². The molecule has 2 aromatic carbocycles. The fourth-order valence-corrected chi connectivity index (χ4v) is 5.43. The number of hydrogen-bond donors (Lipinski definition) is 0. The molecule has 0 radical (unpaired) electrons. The van der Waals surface area contributed by atoms with Gasteiger partial charge in [0.2, 0.25) is 21.8 Å². The number of nitrogens with zero attached hydrogens (tertiary/aromatic N) is 3. The first-order valence-electron chi connectivity index (χ1n) is 10.5. The third-order valence-corrected chi connectivity index (χ3v) is 7.42. The zero-order valence-corrected chi connectivity index (χ0v) is 18.9. The zero-order chi connectivity index (χ0) is 22.0. The topological polar surface area (TPSA) is 85.5 Å². The van der Waals surface area contributed by atoms with Crippen LogP contribution in [0.4, 0.5) is 0 Å². The predicted molar refractivity (Wildman–Crippen MR) is 118 cm³/mol. The summed E-state index contributed by atoms with van der Waals surface area (Å²) in [5.74, 6) is 1.52. The minimum absolute atomic E-state index is 0.126. The first kappa shape index (κ1) is 21.5. The molecule has 7 nitrogen and oxygen atoms in total. The number of sulfonamides is 1. The van der Waals surface area contributed by atoms with E-state index >= 15 is 0 Å². The molecule has 0 aliphatic carbocycles. The Kier molecular flexibility index (Phi) is 6.11. The molecule has 1 atom stereocenters. The van der Waals surface area contributed by atoms with Crippen molar-refractivity contribution < 1.29 is 17.6 Å². The Bertz CT molecular complexity index is 1160. The van der Waals surface area contributed by atoms with Gasteiger partial charge in [-0.25, -0.2) is 8.42 Å². The normalized spacial score (nSPS) is 17.6. The van der Waals surface area contributed by atoms with Gasteiger partial charge in [-0.1, -0.05) is 17.7 Å². The molecular weight excluding hydrogens is 414 g/mol. The van der Waals surface area contributed by atoms with Crippen LogP contribution >= 0.6 is 0 Å². The molecule has 2 heterocycles. The Morgan fingerprint density at radius 1 is 1.13 bits per heavy atom. The van der Waals surface area contributed by atoms with Crippen LogP contribution in [-0.4, -0.2) is 42.6 Å². The molecule has 1 aromatic heterocycles. The molecule has 3 aromatic rings. The molecular formula is C23H27N3O4S. The Hall–Kier alpha value is -2.71. The van der Waals surface area contributed by atoms with E-state index in [4.69, 9.17) is 9.15 Å². The zero-order valence-electron chi connectivity index (χ0n) is 18.0. The van der Waals surface area contributed by atoms with Gasteiger partial charge in [0, 0.05) is 18.7 Å². The quantitative estimate of drug-likeness (QED) is 0.566. The van der Waals surface area contributed by atoms with Crippen LogP contribution in [0.2, 0.25) is 0 Å². The van der Waals surface area contributed by atoms with Gasteiger partial charge < -0.3 is 9.15 Å². The van der Waals surface area contributed by atoms with E-state index in [-0.39, 0.29) is 10.8 Å². The van der Waals surface area contributed by atoms with Crippen molar-refractivity contribution in [2.45, 2.75) is 44.4 Å². The molecule has 1 aliphatic heterocycles. The van der Waals surface area contributed by atoms with Crippen molar-refractivity contribution >= 4 is 10.0 Å². The van der Waals surface area contributed by atoms with Crippen molar-refractivity contribution in [2.75, 3.05) is 19.7 Å². The lowest BCUT2D eigenvalue weighted by Gasteiger charge is -2.30. The third kappa shape index (κ3) is 4.50. The SMILES string of the molecule is CCOc1ccc(S(=O)(=O)N2CCC[C@H](c3nnc(-c4ccc(C)cc4)o3)C2)cc1C. The number of rotatable bonds is 6. The van der Waals surface area contributed by atoms with Crippen molar-refractivity contribution in [2.24, 2.45) is 0 Å². The lowest BCUT2D eigenvalue weighted by molar-refractivity contribution is 0.286. The summed E-state index contributed by atoms with van der Waals surface area (Å²) in [5, 5.41) is 8.40. The predicted octanol–water partition coefficient (Wildman–Crippen LogP) is 4.32.